The quantitative estimate of drug-likeness (QED) is 0.160. The van der Waals surface area contributed by atoms with Gasteiger partial charge in [-0.3, -0.25) is 4.79 Å². The molecule has 0 aliphatic rings. The van der Waals surface area contributed by atoms with Crippen molar-refractivity contribution in [3.05, 3.63) is 108 Å². The van der Waals surface area contributed by atoms with E-state index >= 15 is 0 Å². The van der Waals surface area contributed by atoms with Gasteiger partial charge in [0.2, 0.25) is 0 Å². The van der Waals surface area contributed by atoms with Gasteiger partial charge in [0.05, 0.1) is 0 Å². The van der Waals surface area contributed by atoms with E-state index in [-0.39, 0.29) is 11.5 Å². The summed E-state index contributed by atoms with van der Waals surface area (Å²) in [7, 11) is 0. The molecule has 0 heterocycles. The molecular weight excluding hydrogens is 474 g/mol. The number of rotatable bonds is 14. The van der Waals surface area contributed by atoms with Crippen molar-refractivity contribution in [2.75, 3.05) is 19.7 Å². The lowest BCUT2D eigenvalue weighted by Crippen LogP contribution is -2.33. The van der Waals surface area contributed by atoms with Gasteiger partial charge < -0.3 is 19.1 Å². The van der Waals surface area contributed by atoms with Crippen LogP contribution < -0.4 is 14.2 Å². The molecule has 0 unspecified atom stereocenters. The Hall–Kier alpha value is -3.97. The van der Waals surface area contributed by atoms with Gasteiger partial charge in [0.15, 0.2) is 11.5 Å². The third-order valence-corrected chi connectivity index (χ3v) is 5.18. The van der Waals surface area contributed by atoms with E-state index in [2.05, 4.69) is 25.8 Å². The summed E-state index contributed by atoms with van der Waals surface area (Å²) in [6.45, 7) is 13.3. The smallest absolute Gasteiger partial charge is 0.415 e. The van der Waals surface area contributed by atoms with E-state index in [0.29, 0.717) is 19.7 Å². The minimum absolute atomic E-state index is 0.150. The molecule has 188 valence electrons. The Balaban J connectivity index is 2.00. The summed E-state index contributed by atoms with van der Waals surface area (Å²) in [5.41, 5.74) is 1.96. The van der Waals surface area contributed by atoms with E-state index in [1.165, 1.54) is 29.1 Å². The highest BCUT2D eigenvalue weighted by atomic mass is 32.2. The standard InChI is InChI=1S/C29H31NO5S/c1-5-17-30(18-6-2)29(32)35-28-22-25(12-15-27(28)34-23(4)31)16-21-36-20-8-9-24-10-13-26(14-11-24)33-19-7-3/h5-8,10-16,20-22H,1-3,9,17-19H2,4H3/b20-8+,21-16+. The fourth-order valence-corrected chi connectivity index (χ4v) is 3.45. The van der Waals surface area contributed by atoms with Crippen molar-refractivity contribution < 1.29 is 23.8 Å². The molecule has 0 atom stereocenters. The van der Waals surface area contributed by atoms with Crippen molar-refractivity contribution in [3.8, 4) is 17.2 Å². The number of hydrogen-bond acceptors (Lipinski definition) is 6. The first-order chi connectivity index (χ1) is 17.5. The van der Waals surface area contributed by atoms with Crippen molar-refractivity contribution in [2.45, 2.75) is 13.3 Å². The maximum atomic E-state index is 12.6. The molecule has 0 fully saturated rings. The van der Waals surface area contributed by atoms with Gasteiger partial charge >= 0.3 is 12.1 Å². The number of thioether (sulfide) groups is 1. The molecule has 0 aromatic heterocycles. The fourth-order valence-electron chi connectivity index (χ4n) is 2.92. The highest BCUT2D eigenvalue weighted by molar-refractivity contribution is 8.05. The van der Waals surface area contributed by atoms with E-state index < -0.39 is 12.1 Å². The second-order valence-electron chi connectivity index (χ2n) is 7.41. The molecule has 1 amide bonds. The van der Waals surface area contributed by atoms with Crippen molar-refractivity contribution in [1.29, 1.82) is 0 Å². The molecule has 2 aromatic carbocycles. The predicted molar refractivity (Wildman–Crippen MR) is 147 cm³/mol. The van der Waals surface area contributed by atoms with Gasteiger partial charge in [-0.25, -0.2) is 4.79 Å². The molecule has 0 bridgehead atoms. The molecule has 6 nitrogen and oxygen atoms in total. The van der Waals surface area contributed by atoms with Crippen LogP contribution in [-0.2, 0) is 11.2 Å². The minimum atomic E-state index is -0.595. The maximum Gasteiger partial charge on any atom is 0.415 e. The average Bonchev–Trinajstić information content (AvgIpc) is 2.86. The molecule has 0 spiro atoms. The molecule has 0 saturated carbocycles. The molecule has 36 heavy (non-hydrogen) atoms. The van der Waals surface area contributed by atoms with Gasteiger partial charge in [-0.15, -0.1) is 24.9 Å². The lowest BCUT2D eigenvalue weighted by atomic mass is 10.1. The third kappa shape index (κ3) is 10.1. The van der Waals surface area contributed by atoms with Crippen LogP contribution >= 0.6 is 11.8 Å². The largest absolute Gasteiger partial charge is 0.490 e. The van der Waals surface area contributed by atoms with Gasteiger partial charge in [0, 0.05) is 20.0 Å². The molecule has 0 radical (unpaired) electrons. The Morgan fingerprint density at radius 1 is 0.917 bits per heavy atom. The van der Waals surface area contributed by atoms with Crippen LogP contribution in [0.15, 0.2) is 97.3 Å². The van der Waals surface area contributed by atoms with Gasteiger partial charge in [0.25, 0.3) is 0 Å². The normalized spacial score (nSPS) is 10.7. The minimum Gasteiger partial charge on any atom is -0.490 e. The number of allylic oxidation sites excluding steroid dienone is 1. The van der Waals surface area contributed by atoms with E-state index in [0.717, 1.165) is 17.7 Å². The molecule has 2 rings (SSSR count). The number of carbonyl (C=O) groups is 2. The maximum absolute atomic E-state index is 12.6. The van der Waals surface area contributed by atoms with Crippen molar-refractivity contribution in [2.24, 2.45) is 0 Å². The molecule has 0 aliphatic carbocycles. The Morgan fingerprint density at radius 2 is 1.64 bits per heavy atom. The molecule has 2 aromatic rings. The molecule has 0 aliphatic heterocycles. The number of esters is 1. The Kier molecular flexibility index (Phi) is 12.4. The van der Waals surface area contributed by atoms with Crippen LogP contribution in [0.5, 0.6) is 17.2 Å². The number of amides is 1. The summed E-state index contributed by atoms with van der Waals surface area (Å²) in [4.78, 5) is 25.5. The fraction of sp³-hybridized carbons (Fsp3) is 0.172. The lowest BCUT2D eigenvalue weighted by Gasteiger charge is -2.19. The molecule has 0 saturated heterocycles. The van der Waals surface area contributed by atoms with E-state index in [1.54, 1.807) is 36.4 Å². The topological polar surface area (TPSA) is 65.1 Å². The van der Waals surface area contributed by atoms with Gasteiger partial charge in [-0.2, -0.15) is 0 Å². The van der Waals surface area contributed by atoms with Crippen molar-refractivity contribution in [3.63, 3.8) is 0 Å². The zero-order valence-corrected chi connectivity index (χ0v) is 21.2. The van der Waals surface area contributed by atoms with E-state index in [9.17, 15) is 9.59 Å². The number of carbonyl (C=O) groups excluding carboxylic acids is 2. The second kappa shape index (κ2) is 15.8. The van der Waals surface area contributed by atoms with Crippen LogP contribution in [0.25, 0.3) is 6.08 Å². The third-order valence-electron chi connectivity index (χ3n) is 4.53. The monoisotopic (exact) mass is 505 g/mol. The van der Waals surface area contributed by atoms with Gasteiger partial charge in [-0.05, 0) is 58.7 Å². The summed E-state index contributed by atoms with van der Waals surface area (Å²) in [6.07, 6.45) is 9.05. The van der Waals surface area contributed by atoms with Crippen LogP contribution in [0.3, 0.4) is 0 Å². The predicted octanol–water partition coefficient (Wildman–Crippen LogP) is 6.81. The zero-order valence-electron chi connectivity index (χ0n) is 20.4. The van der Waals surface area contributed by atoms with Gasteiger partial charge in [-0.1, -0.05) is 49.1 Å². The number of ether oxygens (including phenoxy) is 3. The average molecular weight is 506 g/mol. The number of benzene rings is 2. The molecular formula is C29H31NO5S. The van der Waals surface area contributed by atoms with Crippen LogP contribution in [-0.4, -0.2) is 36.7 Å². The van der Waals surface area contributed by atoms with Crippen LogP contribution in [0.2, 0.25) is 0 Å². The Bertz CT molecular complexity index is 1100. The SMILES string of the molecule is C=CCOc1ccc(C/C=C/S/C=C/c2ccc(OC(C)=O)c(OC(=O)N(CC=C)CC=C)c2)cc1. The zero-order chi connectivity index (χ0) is 26.2. The highest BCUT2D eigenvalue weighted by Crippen LogP contribution is 2.30. The van der Waals surface area contributed by atoms with E-state index in [1.807, 2.05) is 41.2 Å². The Morgan fingerprint density at radius 3 is 2.28 bits per heavy atom. The number of nitrogens with zero attached hydrogens (tertiary/aromatic N) is 1. The van der Waals surface area contributed by atoms with Crippen molar-refractivity contribution >= 4 is 29.9 Å². The van der Waals surface area contributed by atoms with Crippen molar-refractivity contribution in [1.82, 2.24) is 4.90 Å². The van der Waals surface area contributed by atoms with Crippen LogP contribution in [0, 0.1) is 0 Å². The summed E-state index contributed by atoms with van der Waals surface area (Å²) in [5.74, 6) is 0.623. The molecule has 0 N–H and O–H groups in total. The summed E-state index contributed by atoms with van der Waals surface area (Å²) >= 11 is 1.51. The first kappa shape index (κ1) is 28.3. The summed E-state index contributed by atoms with van der Waals surface area (Å²) in [5, 5.41) is 3.91. The lowest BCUT2D eigenvalue weighted by molar-refractivity contribution is -0.132. The highest BCUT2D eigenvalue weighted by Gasteiger charge is 2.17. The van der Waals surface area contributed by atoms with Crippen LogP contribution in [0.1, 0.15) is 18.1 Å². The Labute approximate surface area is 217 Å². The summed E-state index contributed by atoms with van der Waals surface area (Å²) in [6, 6.07) is 13.0. The summed E-state index contributed by atoms with van der Waals surface area (Å²) < 4.78 is 16.2. The first-order valence-electron chi connectivity index (χ1n) is 11.3. The van der Waals surface area contributed by atoms with E-state index in [4.69, 9.17) is 14.2 Å². The van der Waals surface area contributed by atoms with Crippen LogP contribution in [0.4, 0.5) is 4.79 Å². The number of hydrogen-bond donors (Lipinski definition) is 0. The molecule has 7 heteroatoms. The van der Waals surface area contributed by atoms with Gasteiger partial charge in [0.1, 0.15) is 12.4 Å². The second-order valence-corrected chi connectivity index (χ2v) is 8.22. The first-order valence-corrected chi connectivity index (χ1v) is 12.2.